The van der Waals surface area contributed by atoms with E-state index < -0.39 is 0 Å². The van der Waals surface area contributed by atoms with Gasteiger partial charge in [0.25, 0.3) is 5.91 Å². The summed E-state index contributed by atoms with van der Waals surface area (Å²) in [6, 6.07) is 13.0. The summed E-state index contributed by atoms with van der Waals surface area (Å²) in [5, 5.41) is 4.98. The second-order valence-corrected chi connectivity index (χ2v) is 8.93. The first-order chi connectivity index (χ1) is 14.9. The molecule has 2 aromatic carbocycles. The summed E-state index contributed by atoms with van der Waals surface area (Å²) in [7, 11) is 4.00. The Morgan fingerprint density at radius 1 is 1.10 bits per heavy atom. The lowest BCUT2D eigenvalue weighted by Crippen LogP contribution is -2.39. The van der Waals surface area contributed by atoms with Gasteiger partial charge in [-0.15, -0.1) is 0 Å². The minimum atomic E-state index is -0.152. The van der Waals surface area contributed by atoms with E-state index in [1.54, 1.807) is 18.2 Å². The third-order valence-corrected chi connectivity index (χ3v) is 6.00. The topological polar surface area (TPSA) is 61.4 Å². The molecular formula is C23H25Cl2N5O. The first-order valence-electron chi connectivity index (χ1n) is 10.3. The zero-order valence-electron chi connectivity index (χ0n) is 17.6. The monoisotopic (exact) mass is 457 g/mol. The minimum Gasteiger partial charge on any atom is -0.362 e. The van der Waals surface area contributed by atoms with Crippen LogP contribution in [0.5, 0.6) is 0 Å². The number of rotatable bonds is 5. The van der Waals surface area contributed by atoms with Gasteiger partial charge in [0.1, 0.15) is 5.82 Å². The minimum absolute atomic E-state index is 0.152. The third kappa shape index (κ3) is 5.02. The van der Waals surface area contributed by atoms with Crippen molar-refractivity contribution in [1.29, 1.82) is 0 Å². The maximum atomic E-state index is 12.4. The van der Waals surface area contributed by atoms with Crippen molar-refractivity contribution < 1.29 is 4.79 Å². The fourth-order valence-corrected chi connectivity index (χ4v) is 4.42. The standard InChI is InChI=1S/C23H25Cl2N5O/c1-29(2)21-19-5-3-4-6-20(19)27-23(28-21)30-9-7-15(8-10-30)14-26-22(31)16-11-17(24)13-18(25)12-16/h3-6,11-13,15H,7-10,14H2,1-2H3,(H,26,31). The molecule has 162 valence electrons. The number of para-hydroxylation sites is 1. The van der Waals surface area contributed by atoms with E-state index in [-0.39, 0.29) is 5.91 Å². The number of carbonyl (C=O) groups excluding carboxylic acids is 1. The predicted octanol–water partition coefficient (Wildman–Crippen LogP) is 4.65. The molecule has 0 radical (unpaired) electrons. The van der Waals surface area contributed by atoms with Gasteiger partial charge in [-0.25, -0.2) is 4.98 Å². The Morgan fingerprint density at radius 2 is 1.77 bits per heavy atom. The Morgan fingerprint density at radius 3 is 2.45 bits per heavy atom. The predicted molar refractivity (Wildman–Crippen MR) is 128 cm³/mol. The second kappa shape index (κ2) is 9.28. The number of nitrogens with zero attached hydrogens (tertiary/aromatic N) is 4. The summed E-state index contributed by atoms with van der Waals surface area (Å²) in [4.78, 5) is 26.3. The van der Waals surface area contributed by atoms with Crippen LogP contribution in [0.25, 0.3) is 10.9 Å². The van der Waals surface area contributed by atoms with Gasteiger partial charge in [-0.05, 0) is 49.1 Å². The van der Waals surface area contributed by atoms with Gasteiger partial charge in [-0.2, -0.15) is 4.98 Å². The van der Waals surface area contributed by atoms with Gasteiger partial charge in [0.2, 0.25) is 5.95 Å². The number of piperidine rings is 1. The fourth-order valence-electron chi connectivity index (χ4n) is 3.89. The number of hydrogen-bond donors (Lipinski definition) is 1. The molecular weight excluding hydrogens is 433 g/mol. The van der Waals surface area contributed by atoms with E-state index in [1.807, 2.05) is 37.2 Å². The molecule has 1 saturated heterocycles. The normalized spacial score (nSPS) is 14.6. The molecule has 2 heterocycles. The molecule has 8 heteroatoms. The summed E-state index contributed by atoms with van der Waals surface area (Å²) in [5.41, 5.74) is 1.43. The number of carbonyl (C=O) groups is 1. The third-order valence-electron chi connectivity index (χ3n) is 5.57. The van der Waals surface area contributed by atoms with Crippen molar-refractivity contribution in [3.63, 3.8) is 0 Å². The molecule has 31 heavy (non-hydrogen) atoms. The average Bonchev–Trinajstić information content (AvgIpc) is 2.76. The lowest BCUT2D eigenvalue weighted by Gasteiger charge is -2.32. The number of fused-ring (bicyclic) bond motifs is 1. The molecule has 0 atom stereocenters. The maximum absolute atomic E-state index is 12.4. The molecule has 1 aliphatic rings. The highest BCUT2D eigenvalue weighted by Crippen LogP contribution is 2.27. The number of aromatic nitrogens is 2. The smallest absolute Gasteiger partial charge is 0.251 e. The molecule has 1 amide bonds. The van der Waals surface area contributed by atoms with Gasteiger partial charge in [0, 0.05) is 54.7 Å². The van der Waals surface area contributed by atoms with E-state index in [0.717, 1.165) is 48.6 Å². The zero-order chi connectivity index (χ0) is 22.0. The van der Waals surface area contributed by atoms with E-state index >= 15 is 0 Å². The Balaban J connectivity index is 1.38. The number of anilines is 2. The van der Waals surface area contributed by atoms with E-state index in [1.165, 1.54) is 0 Å². The number of nitrogens with one attached hydrogen (secondary N) is 1. The Bertz CT molecular complexity index is 1080. The van der Waals surface area contributed by atoms with Gasteiger partial charge < -0.3 is 15.1 Å². The molecule has 3 aromatic rings. The van der Waals surface area contributed by atoms with Crippen LogP contribution in [0, 0.1) is 5.92 Å². The highest BCUT2D eigenvalue weighted by Gasteiger charge is 2.23. The van der Waals surface area contributed by atoms with Crippen LogP contribution in [-0.2, 0) is 0 Å². The highest BCUT2D eigenvalue weighted by molar-refractivity contribution is 6.35. The summed E-state index contributed by atoms with van der Waals surface area (Å²) >= 11 is 12.0. The van der Waals surface area contributed by atoms with Gasteiger partial charge in [0.05, 0.1) is 5.52 Å². The van der Waals surface area contributed by atoms with Crippen molar-refractivity contribution in [3.05, 3.63) is 58.1 Å². The molecule has 1 aliphatic heterocycles. The van der Waals surface area contributed by atoms with Gasteiger partial charge >= 0.3 is 0 Å². The SMILES string of the molecule is CN(C)c1nc(N2CCC(CNC(=O)c3cc(Cl)cc(Cl)c3)CC2)nc2ccccc12. The molecule has 0 unspecified atom stereocenters. The molecule has 0 saturated carbocycles. The van der Waals surface area contributed by atoms with Crippen LogP contribution in [0.15, 0.2) is 42.5 Å². The Hall–Kier alpha value is -2.57. The summed E-state index contributed by atoms with van der Waals surface area (Å²) in [6.07, 6.45) is 1.92. The quantitative estimate of drug-likeness (QED) is 0.603. The average molecular weight is 458 g/mol. The van der Waals surface area contributed by atoms with Gasteiger partial charge in [-0.1, -0.05) is 35.3 Å². The van der Waals surface area contributed by atoms with Crippen LogP contribution < -0.4 is 15.1 Å². The first-order valence-corrected chi connectivity index (χ1v) is 11.1. The van der Waals surface area contributed by atoms with Crippen LogP contribution in [0.4, 0.5) is 11.8 Å². The zero-order valence-corrected chi connectivity index (χ0v) is 19.1. The van der Waals surface area contributed by atoms with E-state index in [2.05, 4.69) is 16.3 Å². The van der Waals surface area contributed by atoms with Crippen molar-refractivity contribution in [2.75, 3.05) is 43.5 Å². The van der Waals surface area contributed by atoms with E-state index in [9.17, 15) is 4.79 Å². The summed E-state index contributed by atoms with van der Waals surface area (Å²) < 4.78 is 0. The van der Waals surface area contributed by atoms with Crippen molar-refractivity contribution in [3.8, 4) is 0 Å². The van der Waals surface area contributed by atoms with Crippen molar-refractivity contribution in [2.45, 2.75) is 12.8 Å². The van der Waals surface area contributed by atoms with E-state index in [0.29, 0.717) is 28.1 Å². The lowest BCUT2D eigenvalue weighted by atomic mass is 9.97. The first kappa shape index (κ1) is 21.7. The number of hydrogen-bond acceptors (Lipinski definition) is 5. The fraction of sp³-hybridized carbons (Fsp3) is 0.348. The number of halogens is 2. The van der Waals surface area contributed by atoms with Crippen LogP contribution in [-0.4, -0.2) is 49.6 Å². The van der Waals surface area contributed by atoms with Crippen molar-refractivity contribution in [2.24, 2.45) is 5.92 Å². The molecule has 1 fully saturated rings. The lowest BCUT2D eigenvalue weighted by molar-refractivity contribution is 0.0945. The molecule has 4 rings (SSSR count). The van der Waals surface area contributed by atoms with Crippen LogP contribution in [0.2, 0.25) is 10.0 Å². The Labute approximate surface area is 192 Å². The van der Waals surface area contributed by atoms with Crippen molar-refractivity contribution >= 4 is 51.8 Å². The molecule has 0 spiro atoms. The largest absolute Gasteiger partial charge is 0.362 e. The number of benzene rings is 2. The maximum Gasteiger partial charge on any atom is 0.251 e. The molecule has 0 aliphatic carbocycles. The molecule has 1 aromatic heterocycles. The summed E-state index contributed by atoms with van der Waals surface area (Å²) in [6.45, 7) is 2.34. The second-order valence-electron chi connectivity index (χ2n) is 8.06. The van der Waals surface area contributed by atoms with Crippen LogP contribution >= 0.6 is 23.2 Å². The van der Waals surface area contributed by atoms with Crippen molar-refractivity contribution in [1.82, 2.24) is 15.3 Å². The van der Waals surface area contributed by atoms with Crippen LogP contribution in [0.1, 0.15) is 23.2 Å². The van der Waals surface area contributed by atoms with E-state index in [4.69, 9.17) is 33.2 Å². The highest BCUT2D eigenvalue weighted by atomic mass is 35.5. The molecule has 6 nitrogen and oxygen atoms in total. The molecule has 0 bridgehead atoms. The molecule has 1 N–H and O–H groups in total. The summed E-state index contributed by atoms with van der Waals surface area (Å²) in [5.74, 6) is 1.94. The van der Waals surface area contributed by atoms with Gasteiger partial charge in [-0.3, -0.25) is 4.79 Å². The number of amides is 1. The Kier molecular flexibility index (Phi) is 6.49. The van der Waals surface area contributed by atoms with Crippen LogP contribution in [0.3, 0.4) is 0 Å². The van der Waals surface area contributed by atoms with Gasteiger partial charge in [0.15, 0.2) is 0 Å².